The number of amides is 4. The molecule has 5 aliphatic rings. The number of piperidine rings is 1. The van der Waals surface area contributed by atoms with E-state index in [1.165, 1.54) is 30.2 Å². The Kier molecular flexibility index (Phi) is 7.21. The van der Waals surface area contributed by atoms with Crippen LogP contribution in [0.5, 0.6) is 0 Å². The van der Waals surface area contributed by atoms with Gasteiger partial charge in [-0.3, -0.25) is 24.6 Å². The van der Waals surface area contributed by atoms with E-state index in [4.69, 9.17) is 16.3 Å². The van der Waals surface area contributed by atoms with Gasteiger partial charge in [0.2, 0.25) is 11.8 Å². The average molecular weight is 563 g/mol. The summed E-state index contributed by atoms with van der Waals surface area (Å²) in [4.78, 5) is 53.0. The first-order chi connectivity index (χ1) is 18.8. The van der Waals surface area contributed by atoms with Crippen LogP contribution in [0.1, 0.15) is 60.0 Å². The number of rotatable bonds is 6. The lowest BCUT2D eigenvalue weighted by molar-refractivity contribution is -0.136. The van der Waals surface area contributed by atoms with Crippen molar-refractivity contribution in [2.24, 2.45) is 0 Å². The molecule has 210 valence electrons. The average Bonchev–Trinajstić information content (AvgIpc) is 3.44. The summed E-state index contributed by atoms with van der Waals surface area (Å²) >= 11 is 6.38. The second kappa shape index (κ2) is 10.6. The maximum atomic E-state index is 15.4. The molecule has 3 saturated heterocycles. The second-order valence-electron chi connectivity index (χ2n) is 11.0. The number of alkyl carbamates (subject to hydrolysis) is 1. The normalized spacial score (nSPS) is 27.7. The number of benzene rings is 1. The molecule has 4 amide bonds. The first-order valence-corrected chi connectivity index (χ1v) is 14.0. The van der Waals surface area contributed by atoms with E-state index in [9.17, 15) is 19.2 Å². The van der Waals surface area contributed by atoms with Gasteiger partial charge in [0.05, 0.1) is 11.6 Å². The van der Waals surface area contributed by atoms with E-state index < -0.39 is 35.7 Å². The van der Waals surface area contributed by atoms with Gasteiger partial charge in [-0.25, -0.2) is 19.6 Å². The fourth-order valence-corrected chi connectivity index (χ4v) is 6.58. The number of hydrazine groups is 1. The molecular weight excluding hydrogens is 531 g/mol. The number of imide groups is 1. The number of piperazine rings is 1. The van der Waals surface area contributed by atoms with E-state index in [1.807, 2.05) is 0 Å². The Morgan fingerprint density at radius 3 is 2.74 bits per heavy atom. The lowest BCUT2D eigenvalue weighted by Gasteiger charge is -2.44. The van der Waals surface area contributed by atoms with Crippen molar-refractivity contribution in [2.75, 3.05) is 26.2 Å². The Morgan fingerprint density at radius 2 is 2.00 bits per heavy atom. The Balaban J connectivity index is 1.02. The van der Waals surface area contributed by atoms with Gasteiger partial charge >= 0.3 is 6.09 Å². The van der Waals surface area contributed by atoms with Gasteiger partial charge in [-0.1, -0.05) is 18.0 Å². The Bertz CT molecular complexity index is 1210. The number of halogens is 2. The van der Waals surface area contributed by atoms with Crippen molar-refractivity contribution in [3.63, 3.8) is 0 Å². The molecule has 3 atom stereocenters. The summed E-state index contributed by atoms with van der Waals surface area (Å²) in [5.74, 6) is -2.44. The number of hydrogen-bond acceptors (Lipinski definition) is 8. The summed E-state index contributed by atoms with van der Waals surface area (Å²) in [7, 11) is 0. The van der Waals surface area contributed by atoms with Crippen LogP contribution in [0.4, 0.5) is 9.18 Å². The first kappa shape index (κ1) is 26.4. The summed E-state index contributed by atoms with van der Waals surface area (Å²) in [5.41, 5.74) is 3.56. The van der Waals surface area contributed by atoms with Crippen molar-refractivity contribution >= 4 is 35.4 Å². The molecule has 3 N–H and O–H groups in total. The van der Waals surface area contributed by atoms with Crippen LogP contribution in [0.25, 0.3) is 0 Å². The van der Waals surface area contributed by atoms with Crippen molar-refractivity contribution in [1.82, 2.24) is 30.9 Å². The van der Waals surface area contributed by atoms with Crippen molar-refractivity contribution in [2.45, 2.75) is 75.8 Å². The van der Waals surface area contributed by atoms with E-state index in [0.717, 1.165) is 32.1 Å². The van der Waals surface area contributed by atoms with E-state index >= 15 is 4.39 Å². The molecule has 6 rings (SSSR count). The van der Waals surface area contributed by atoms with Crippen molar-refractivity contribution in [1.29, 1.82) is 0 Å². The molecule has 0 aromatic heterocycles. The maximum Gasteiger partial charge on any atom is 0.407 e. The Hall–Kier alpha value is -2.80. The molecule has 11 nitrogen and oxygen atoms in total. The van der Waals surface area contributed by atoms with Gasteiger partial charge in [0.25, 0.3) is 5.91 Å². The van der Waals surface area contributed by atoms with Gasteiger partial charge in [0, 0.05) is 67.4 Å². The molecular formula is C26H32ClFN6O5. The maximum absolute atomic E-state index is 15.4. The molecule has 4 heterocycles. The van der Waals surface area contributed by atoms with Crippen molar-refractivity contribution in [3.8, 4) is 0 Å². The zero-order chi connectivity index (χ0) is 27.3. The molecule has 3 unspecified atom stereocenters. The highest BCUT2D eigenvalue weighted by atomic mass is 35.5. The number of carbonyl (C=O) groups excluding carboxylic acids is 4. The highest BCUT2D eigenvalue weighted by Crippen LogP contribution is 2.35. The number of carbonyl (C=O) groups is 4. The predicted molar refractivity (Wildman–Crippen MR) is 137 cm³/mol. The number of nitrogens with one attached hydrogen (secondary N) is 3. The first-order valence-electron chi connectivity index (χ1n) is 13.6. The van der Waals surface area contributed by atoms with Gasteiger partial charge in [0.1, 0.15) is 18.5 Å². The fraction of sp³-hybridized carbons (Fsp3) is 0.615. The highest BCUT2D eigenvalue weighted by Gasteiger charge is 2.42. The molecule has 1 aliphatic carbocycles. The monoisotopic (exact) mass is 562 g/mol. The van der Waals surface area contributed by atoms with Crippen LogP contribution in [0.15, 0.2) is 6.07 Å². The standard InChI is InChI=1S/C26H32ClFN6O5/c27-19-8-14(23(28)22-18(19)12-33(25(22)37)20-4-5-21(35)30-24(20)36)10-29-26(38)39-13-15-9-17-11-32(16-2-1-3-16)6-7-34(17)31-15/h8,15-17,20,31H,1-7,9-13H2,(H,29,38)(H,30,35,36). The summed E-state index contributed by atoms with van der Waals surface area (Å²) in [5, 5.41) is 7.18. The summed E-state index contributed by atoms with van der Waals surface area (Å²) < 4.78 is 20.8. The fourth-order valence-electron chi connectivity index (χ4n) is 6.29. The molecule has 0 radical (unpaired) electrons. The van der Waals surface area contributed by atoms with Gasteiger partial charge in [-0.15, -0.1) is 0 Å². The van der Waals surface area contributed by atoms with Crippen LogP contribution in [-0.4, -0.2) is 89.0 Å². The Labute approximate surface area is 230 Å². The quantitative estimate of drug-likeness (QED) is 0.443. The highest BCUT2D eigenvalue weighted by molar-refractivity contribution is 6.32. The van der Waals surface area contributed by atoms with Gasteiger partial charge < -0.3 is 15.0 Å². The zero-order valence-corrected chi connectivity index (χ0v) is 22.3. The van der Waals surface area contributed by atoms with Crippen molar-refractivity contribution < 1.29 is 28.3 Å². The van der Waals surface area contributed by atoms with E-state index in [2.05, 4.69) is 26.0 Å². The van der Waals surface area contributed by atoms with Gasteiger partial charge in [0.15, 0.2) is 0 Å². The van der Waals surface area contributed by atoms with Crippen LogP contribution in [0, 0.1) is 5.82 Å². The van der Waals surface area contributed by atoms with E-state index in [1.54, 1.807) is 0 Å². The largest absolute Gasteiger partial charge is 0.448 e. The number of ether oxygens (including phenoxy) is 1. The van der Waals surface area contributed by atoms with Gasteiger partial charge in [-0.2, -0.15) is 0 Å². The topological polar surface area (TPSA) is 123 Å². The minimum absolute atomic E-state index is 0.0177. The van der Waals surface area contributed by atoms with Crippen LogP contribution in [-0.2, 0) is 27.4 Å². The van der Waals surface area contributed by atoms with E-state index in [0.29, 0.717) is 6.04 Å². The second-order valence-corrected chi connectivity index (χ2v) is 11.4. The number of fused-ring (bicyclic) bond motifs is 2. The minimum atomic E-state index is -0.875. The summed E-state index contributed by atoms with van der Waals surface area (Å²) in [6.45, 7) is 2.96. The third-order valence-electron chi connectivity index (χ3n) is 8.63. The SMILES string of the molecule is O=C1CCC(N2Cc3c(Cl)cc(CNC(=O)OCC4CC5CN(C6CCC6)CCN5N4)c(F)c3C2=O)C(=O)N1. The number of hydrogen-bond donors (Lipinski definition) is 3. The molecule has 13 heteroatoms. The van der Waals surface area contributed by atoms with Crippen LogP contribution >= 0.6 is 11.6 Å². The molecule has 4 aliphatic heterocycles. The van der Waals surface area contributed by atoms with Crippen LogP contribution in [0.2, 0.25) is 5.02 Å². The molecule has 1 aromatic rings. The molecule has 1 saturated carbocycles. The minimum Gasteiger partial charge on any atom is -0.448 e. The summed E-state index contributed by atoms with van der Waals surface area (Å²) in [6.07, 6.45) is 4.35. The summed E-state index contributed by atoms with van der Waals surface area (Å²) in [6, 6.07) is 1.64. The van der Waals surface area contributed by atoms with Gasteiger partial charge in [-0.05, 0) is 31.7 Å². The number of nitrogens with zero attached hydrogens (tertiary/aromatic N) is 3. The van der Waals surface area contributed by atoms with E-state index in [-0.39, 0.29) is 60.3 Å². The van der Waals surface area contributed by atoms with Crippen molar-refractivity contribution in [3.05, 3.63) is 33.6 Å². The smallest absolute Gasteiger partial charge is 0.407 e. The molecule has 39 heavy (non-hydrogen) atoms. The molecule has 0 spiro atoms. The predicted octanol–water partition coefficient (Wildman–Crippen LogP) is 1.28. The third kappa shape index (κ3) is 5.10. The van der Waals surface area contributed by atoms with Crippen LogP contribution < -0.4 is 16.1 Å². The third-order valence-corrected chi connectivity index (χ3v) is 8.97. The molecule has 4 fully saturated rings. The lowest BCUT2D eigenvalue weighted by atomic mass is 9.90. The van der Waals surface area contributed by atoms with Crippen LogP contribution in [0.3, 0.4) is 0 Å². The Morgan fingerprint density at radius 1 is 1.18 bits per heavy atom. The zero-order valence-electron chi connectivity index (χ0n) is 21.5. The molecule has 1 aromatic carbocycles. The molecule has 0 bridgehead atoms. The lowest BCUT2D eigenvalue weighted by Crippen LogP contribution is -2.57.